The molecule has 0 spiro atoms. The predicted molar refractivity (Wildman–Crippen MR) is 80.0 cm³/mol. The number of nitrogens with zero attached hydrogens (tertiary/aromatic N) is 4. The van der Waals surface area contributed by atoms with Crippen molar-refractivity contribution in [2.45, 2.75) is 19.3 Å². The molecule has 0 aliphatic carbocycles. The van der Waals surface area contributed by atoms with Gasteiger partial charge in [-0.2, -0.15) is 0 Å². The minimum Gasteiger partial charge on any atom is -0.355 e. The van der Waals surface area contributed by atoms with Gasteiger partial charge >= 0.3 is 0 Å². The van der Waals surface area contributed by atoms with Gasteiger partial charge in [0.2, 0.25) is 5.91 Å². The minimum atomic E-state index is -0.0850. The fraction of sp³-hybridized carbons (Fsp3) is 0.333. The summed E-state index contributed by atoms with van der Waals surface area (Å²) in [6.45, 7) is 1.95. The summed E-state index contributed by atoms with van der Waals surface area (Å²) in [6, 6.07) is 3.71. The van der Waals surface area contributed by atoms with Gasteiger partial charge in [0.05, 0.1) is 12.6 Å². The highest BCUT2D eigenvalue weighted by atomic mass is 16.1. The van der Waals surface area contributed by atoms with Crippen LogP contribution in [0.5, 0.6) is 0 Å². The molecule has 3 heterocycles. The average molecular weight is 283 g/mol. The van der Waals surface area contributed by atoms with Gasteiger partial charge in [-0.05, 0) is 24.5 Å². The second kappa shape index (κ2) is 6.30. The van der Waals surface area contributed by atoms with Crippen LogP contribution in [0.4, 0.5) is 11.5 Å². The number of amides is 1. The van der Waals surface area contributed by atoms with Crippen molar-refractivity contribution in [3.05, 3.63) is 42.6 Å². The third-order valence-corrected chi connectivity index (χ3v) is 3.46. The fourth-order valence-corrected chi connectivity index (χ4v) is 2.47. The number of hydrogen-bond acceptors (Lipinski definition) is 5. The number of carbonyl (C=O) groups excluding carboxylic acids is 1. The molecule has 0 unspecified atom stereocenters. The normalized spacial score (nSPS) is 14.2. The van der Waals surface area contributed by atoms with Crippen LogP contribution < -0.4 is 10.2 Å². The molecule has 0 radical (unpaired) electrons. The Morgan fingerprint density at radius 2 is 2.10 bits per heavy atom. The Kier molecular flexibility index (Phi) is 4.04. The second-order valence-electron chi connectivity index (χ2n) is 5.04. The molecular weight excluding hydrogens is 266 g/mol. The van der Waals surface area contributed by atoms with Crippen molar-refractivity contribution in [1.29, 1.82) is 0 Å². The van der Waals surface area contributed by atoms with Gasteiger partial charge < -0.3 is 10.2 Å². The lowest BCUT2D eigenvalue weighted by molar-refractivity contribution is -0.115. The maximum atomic E-state index is 12.1. The number of pyridine rings is 1. The Labute approximate surface area is 123 Å². The van der Waals surface area contributed by atoms with E-state index in [2.05, 4.69) is 25.2 Å². The summed E-state index contributed by atoms with van der Waals surface area (Å²) in [4.78, 5) is 26.7. The maximum absolute atomic E-state index is 12.1. The molecule has 0 aromatic carbocycles. The van der Waals surface area contributed by atoms with Gasteiger partial charge in [0.25, 0.3) is 0 Å². The maximum Gasteiger partial charge on any atom is 0.228 e. The Balaban J connectivity index is 1.71. The summed E-state index contributed by atoms with van der Waals surface area (Å²) in [7, 11) is 0. The van der Waals surface area contributed by atoms with E-state index in [-0.39, 0.29) is 5.91 Å². The van der Waals surface area contributed by atoms with E-state index in [0.717, 1.165) is 37.3 Å². The van der Waals surface area contributed by atoms with Gasteiger partial charge in [0.1, 0.15) is 12.0 Å². The monoisotopic (exact) mass is 283 g/mol. The van der Waals surface area contributed by atoms with Crippen molar-refractivity contribution in [2.24, 2.45) is 0 Å². The van der Waals surface area contributed by atoms with E-state index in [1.807, 2.05) is 12.1 Å². The van der Waals surface area contributed by atoms with Gasteiger partial charge in [-0.3, -0.25) is 9.78 Å². The minimum absolute atomic E-state index is 0.0850. The number of anilines is 2. The standard InChI is InChI=1S/C15H17N5O/c21-14(8-12-4-3-5-16-9-12)19-13-10-17-11-18-15(13)20-6-1-2-7-20/h3-5,9-11H,1-2,6-8H2,(H,19,21). The zero-order valence-electron chi connectivity index (χ0n) is 11.7. The van der Waals surface area contributed by atoms with Crippen molar-refractivity contribution >= 4 is 17.4 Å². The second-order valence-corrected chi connectivity index (χ2v) is 5.04. The first-order chi connectivity index (χ1) is 10.3. The lowest BCUT2D eigenvalue weighted by Crippen LogP contribution is -2.23. The average Bonchev–Trinajstić information content (AvgIpc) is 3.03. The van der Waals surface area contributed by atoms with Crippen LogP contribution in [0.2, 0.25) is 0 Å². The first-order valence-corrected chi connectivity index (χ1v) is 7.06. The van der Waals surface area contributed by atoms with Gasteiger partial charge in [-0.25, -0.2) is 9.97 Å². The molecule has 21 heavy (non-hydrogen) atoms. The van der Waals surface area contributed by atoms with Crippen LogP contribution in [0.15, 0.2) is 37.1 Å². The Hall–Kier alpha value is -2.50. The summed E-state index contributed by atoms with van der Waals surface area (Å²) < 4.78 is 0. The van der Waals surface area contributed by atoms with Crippen molar-refractivity contribution in [1.82, 2.24) is 15.0 Å². The van der Waals surface area contributed by atoms with Crippen molar-refractivity contribution in [3.63, 3.8) is 0 Å². The summed E-state index contributed by atoms with van der Waals surface area (Å²) in [5, 5.41) is 2.90. The Morgan fingerprint density at radius 3 is 2.86 bits per heavy atom. The van der Waals surface area contributed by atoms with E-state index in [0.29, 0.717) is 12.1 Å². The molecule has 1 N–H and O–H groups in total. The van der Waals surface area contributed by atoms with Gasteiger partial charge in [0, 0.05) is 25.5 Å². The molecule has 2 aromatic rings. The summed E-state index contributed by atoms with van der Waals surface area (Å²) in [5.41, 5.74) is 1.56. The summed E-state index contributed by atoms with van der Waals surface area (Å²) in [5.74, 6) is 0.722. The quantitative estimate of drug-likeness (QED) is 0.924. The fourth-order valence-electron chi connectivity index (χ4n) is 2.47. The van der Waals surface area contributed by atoms with E-state index in [4.69, 9.17) is 0 Å². The summed E-state index contributed by atoms with van der Waals surface area (Å²) >= 11 is 0. The molecule has 1 fully saturated rings. The molecule has 2 aromatic heterocycles. The lowest BCUT2D eigenvalue weighted by Gasteiger charge is -2.19. The number of nitrogens with one attached hydrogen (secondary N) is 1. The molecule has 1 amide bonds. The van der Waals surface area contributed by atoms with Crippen LogP contribution in [-0.4, -0.2) is 33.9 Å². The van der Waals surface area contributed by atoms with E-state index >= 15 is 0 Å². The molecular formula is C15H17N5O. The van der Waals surface area contributed by atoms with Gasteiger partial charge in [-0.1, -0.05) is 6.07 Å². The first kappa shape index (κ1) is 13.5. The van der Waals surface area contributed by atoms with E-state index in [1.165, 1.54) is 6.33 Å². The molecule has 0 bridgehead atoms. The molecule has 0 atom stereocenters. The van der Waals surface area contributed by atoms with Crippen LogP contribution in [0.25, 0.3) is 0 Å². The molecule has 1 aliphatic rings. The third-order valence-electron chi connectivity index (χ3n) is 3.46. The third kappa shape index (κ3) is 3.34. The van der Waals surface area contributed by atoms with Crippen molar-refractivity contribution in [2.75, 3.05) is 23.3 Å². The van der Waals surface area contributed by atoms with E-state index in [1.54, 1.807) is 18.6 Å². The zero-order chi connectivity index (χ0) is 14.5. The lowest BCUT2D eigenvalue weighted by atomic mass is 10.2. The summed E-state index contributed by atoms with van der Waals surface area (Å²) in [6.07, 6.45) is 9.18. The highest BCUT2D eigenvalue weighted by Gasteiger charge is 2.18. The smallest absolute Gasteiger partial charge is 0.228 e. The molecule has 6 nitrogen and oxygen atoms in total. The Bertz CT molecular complexity index is 610. The SMILES string of the molecule is O=C(Cc1cccnc1)Nc1cncnc1N1CCCC1. The first-order valence-electron chi connectivity index (χ1n) is 7.06. The number of hydrogen-bond donors (Lipinski definition) is 1. The number of aromatic nitrogens is 3. The number of carbonyl (C=O) groups is 1. The van der Waals surface area contributed by atoms with Crippen LogP contribution in [0.3, 0.4) is 0 Å². The topological polar surface area (TPSA) is 71.0 Å². The van der Waals surface area contributed by atoms with Crippen molar-refractivity contribution in [3.8, 4) is 0 Å². The van der Waals surface area contributed by atoms with Gasteiger partial charge in [-0.15, -0.1) is 0 Å². The van der Waals surface area contributed by atoms with E-state index < -0.39 is 0 Å². The molecule has 3 rings (SSSR count). The molecule has 1 aliphatic heterocycles. The zero-order valence-corrected chi connectivity index (χ0v) is 11.7. The molecule has 6 heteroatoms. The van der Waals surface area contributed by atoms with Crippen LogP contribution >= 0.6 is 0 Å². The largest absolute Gasteiger partial charge is 0.355 e. The highest BCUT2D eigenvalue weighted by molar-refractivity contribution is 5.94. The molecule has 1 saturated heterocycles. The van der Waals surface area contributed by atoms with Crippen LogP contribution in [-0.2, 0) is 11.2 Å². The Morgan fingerprint density at radius 1 is 1.24 bits per heavy atom. The predicted octanol–water partition coefficient (Wildman–Crippen LogP) is 1.65. The molecule has 0 saturated carbocycles. The molecule has 108 valence electrons. The van der Waals surface area contributed by atoms with Crippen LogP contribution in [0.1, 0.15) is 18.4 Å². The van der Waals surface area contributed by atoms with Crippen molar-refractivity contribution < 1.29 is 4.79 Å². The van der Waals surface area contributed by atoms with Gasteiger partial charge in [0.15, 0.2) is 5.82 Å². The van der Waals surface area contributed by atoms with Crippen LogP contribution in [0, 0.1) is 0 Å². The number of rotatable bonds is 4. The highest BCUT2D eigenvalue weighted by Crippen LogP contribution is 2.25. The van der Waals surface area contributed by atoms with E-state index in [9.17, 15) is 4.79 Å².